The summed E-state index contributed by atoms with van der Waals surface area (Å²) in [5.74, 6) is 0.0180. The van der Waals surface area contributed by atoms with Crippen LogP contribution in [0.15, 0.2) is 18.2 Å². The molecule has 1 aliphatic heterocycles. The van der Waals surface area contributed by atoms with Crippen molar-refractivity contribution < 1.29 is 9.53 Å². The maximum atomic E-state index is 12.7. The van der Waals surface area contributed by atoms with Crippen LogP contribution in [0.4, 0.5) is 5.69 Å². The molecule has 1 aliphatic rings. The molecule has 4 heteroatoms. The molecule has 0 bridgehead atoms. The molecule has 1 saturated heterocycles. The molecule has 1 fully saturated rings. The van der Waals surface area contributed by atoms with Gasteiger partial charge in [-0.3, -0.25) is 4.79 Å². The van der Waals surface area contributed by atoms with Gasteiger partial charge in [-0.15, -0.1) is 0 Å². The van der Waals surface area contributed by atoms with Crippen LogP contribution in [0, 0.1) is 19.3 Å². The number of carbonyl (C=O) groups is 1. The second-order valence-corrected chi connectivity index (χ2v) is 5.69. The highest BCUT2D eigenvalue weighted by Gasteiger charge is 2.46. The summed E-state index contributed by atoms with van der Waals surface area (Å²) in [6.45, 7) is 6.78. The number of aryl methyl sites for hydroxylation is 2. The maximum Gasteiger partial charge on any atom is 0.236 e. The van der Waals surface area contributed by atoms with Gasteiger partial charge in [-0.25, -0.2) is 0 Å². The number of hydrogen-bond acceptors (Lipinski definition) is 3. The topological polar surface area (TPSA) is 55.6 Å². The minimum absolute atomic E-state index is 0.0180. The minimum atomic E-state index is -0.633. The minimum Gasteiger partial charge on any atom is -0.379 e. The second-order valence-electron chi connectivity index (χ2n) is 5.69. The Bertz CT molecular complexity index is 501. The van der Waals surface area contributed by atoms with Crippen molar-refractivity contribution >= 4 is 11.6 Å². The molecule has 19 heavy (non-hydrogen) atoms. The van der Waals surface area contributed by atoms with E-state index in [4.69, 9.17) is 10.5 Å². The lowest BCUT2D eigenvalue weighted by Crippen LogP contribution is -2.50. The largest absolute Gasteiger partial charge is 0.379 e. The van der Waals surface area contributed by atoms with Crippen molar-refractivity contribution in [3.8, 4) is 0 Å². The van der Waals surface area contributed by atoms with Gasteiger partial charge in [0.15, 0.2) is 0 Å². The first-order valence-electron chi connectivity index (χ1n) is 6.55. The summed E-state index contributed by atoms with van der Waals surface area (Å²) < 4.78 is 5.36. The zero-order chi connectivity index (χ0) is 14.2. The molecule has 1 aromatic rings. The van der Waals surface area contributed by atoms with Gasteiger partial charge in [0.05, 0.1) is 18.6 Å². The quantitative estimate of drug-likeness (QED) is 0.881. The van der Waals surface area contributed by atoms with E-state index in [0.717, 1.165) is 11.3 Å². The van der Waals surface area contributed by atoms with Gasteiger partial charge in [0.2, 0.25) is 5.91 Å². The van der Waals surface area contributed by atoms with Crippen LogP contribution in [0.1, 0.15) is 18.1 Å². The molecular formula is C15H22N2O2. The van der Waals surface area contributed by atoms with Crippen LogP contribution >= 0.6 is 0 Å². The van der Waals surface area contributed by atoms with Gasteiger partial charge >= 0.3 is 0 Å². The van der Waals surface area contributed by atoms with Crippen LogP contribution in [0.3, 0.4) is 0 Å². The van der Waals surface area contributed by atoms with Crippen LogP contribution in [-0.4, -0.2) is 32.2 Å². The first-order chi connectivity index (χ1) is 8.86. The monoisotopic (exact) mass is 262 g/mol. The third-order valence-corrected chi connectivity index (χ3v) is 4.02. The summed E-state index contributed by atoms with van der Waals surface area (Å²) in [4.78, 5) is 14.4. The van der Waals surface area contributed by atoms with E-state index < -0.39 is 5.41 Å². The Labute approximate surface area is 114 Å². The molecular weight excluding hydrogens is 240 g/mol. The Balaban J connectivity index is 2.28. The average molecular weight is 262 g/mol. The summed E-state index contributed by atoms with van der Waals surface area (Å²) in [5.41, 5.74) is 8.59. The molecule has 1 amide bonds. The zero-order valence-corrected chi connectivity index (χ0v) is 12.1. The number of anilines is 1. The predicted molar refractivity (Wildman–Crippen MR) is 76.2 cm³/mol. The highest BCUT2D eigenvalue weighted by atomic mass is 16.5. The fourth-order valence-corrected chi connectivity index (χ4v) is 2.58. The van der Waals surface area contributed by atoms with E-state index in [9.17, 15) is 4.79 Å². The van der Waals surface area contributed by atoms with Gasteiger partial charge in [0.25, 0.3) is 0 Å². The van der Waals surface area contributed by atoms with Crippen molar-refractivity contribution in [3.05, 3.63) is 29.3 Å². The Kier molecular flexibility index (Phi) is 3.65. The number of benzene rings is 1. The number of rotatable bonds is 2. The maximum absolute atomic E-state index is 12.7. The van der Waals surface area contributed by atoms with Crippen molar-refractivity contribution in [2.24, 2.45) is 11.1 Å². The Morgan fingerprint density at radius 3 is 2.68 bits per heavy atom. The summed E-state index contributed by atoms with van der Waals surface area (Å²) in [6, 6.07) is 5.83. The molecule has 1 heterocycles. The van der Waals surface area contributed by atoms with Crippen LogP contribution in [0.25, 0.3) is 0 Å². The molecule has 2 N–H and O–H groups in total. The SMILES string of the molecule is Cc1ccc(N(C)C(=O)C2(C)COCC2N)c(C)c1. The van der Waals surface area contributed by atoms with Gasteiger partial charge < -0.3 is 15.4 Å². The van der Waals surface area contributed by atoms with Gasteiger partial charge in [-0.2, -0.15) is 0 Å². The highest BCUT2D eigenvalue weighted by Crippen LogP contribution is 2.32. The first kappa shape index (κ1) is 14.0. The van der Waals surface area contributed by atoms with E-state index in [0.29, 0.717) is 13.2 Å². The molecule has 0 saturated carbocycles. The summed E-state index contributed by atoms with van der Waals surface area (Å²) in [6.07, 6.45) is 0. The van der Waals surface area contributed by atoms with E-state index in [2.05, 4.69) is 6.07 Å². The van der Waals surface area contributed by atoms with E-state index in [1.807, 2.05) is 32.9 Å². The highest BCUT2D eigenvalue weighted by molar-refractivity contribution is 5.98. The Hall–Kier alpha value is -1.39. The number of carbonyl (C=O) groups excluding carboxylic acids is 1. The summed E-state index contributed by atoms with van der Waals surface area (Å²) >= 11 is 0. The number of ether oxygens (including phenoxy) is 1. The fourth-order valence-electron chi connectivity index (χ4n) is 2.58. The van der Waals surface area contributed by atoms with Crippen molar-refractivity contribution in [1.82, 2.24) is 0 Å². The molecule has 4 nitrogen and oxygen atoms in total. The molecule has 2 unspecified atom stereocenters. The number of hydrogen-bond donors (Lipinski definition) is 1. The van der Waals surface area contributed by atoms with E-state index in [-0.39, 0.29) is 11.9 Å². The van der Waals surface area contributed by atoms with Crippen LogP contribution in [0.2, 0.25) is 0 Å². The van der Waals surface area contributed by atoms with Crippen molar-refractivity contribution in [1.29, 1.82) is 0 Å². The number of nitrogens with two attached hydrogens (primary N) is 1. The summed E-state index contributed by atoms with van der Waals surface area (Å²) in [5, 5.41) is 0. The summed E-state index contributed by atoms with van der Waals surface area (Å²) in [7, 11) is 1.80. The molecule has 2 atom stereocenters. The van der Waals surface area contributed by atoms with E-state index in [1.165, 1.54) is 5.56 Å². The fraction of sp³-hybridized carbons (Fsp3) is 0.533. The van der Waals surface area contributed by atoms with Crippen LogP contribution in [0.5, 0.6) is 0 Å². The lowest BCUT2D eigenvalue weighted by molar-refractivity contribution is -0.127. The molecule has 1 aromatic carbocycles. The lowest BCUT2D eigenvalue weighted by Gasteiger charge is -2.31. The Morgan fingerprint density at radius 1 is 1.47 bits per heavy atom. The molecule has 0 aromatic heterocycles. The van der Waals surface area contributed by atoms with E-state index in [1.54, 1.807) is 11.9 Å². The molecule has 0 spiro atoms. The molecule has 0 radical (unpaired) electrons. The second kappa shape index (κ2) is 4.94. The predicted octanol–water partition coefficient (Wildman–Crippen LogP) is 1.63. The van der Waals surface area contributed by atoms with Gasteiger partial charge in [0.1, 0.15) is 0 Å². The molecule has 0 aliphatic carbocycles. The van der Waals surface area contributed by atoms with E-state index >= 15 is 0 Å². The third-order valence-electron chi connectivity index (χ3n) is 4.02. The number of nitrogens with zero attached hydrogens (tertiary/aromatic N) is 1. The third kappa shape index (κ3) is 2.38. The lowest BCUT2D eigenvalue weighted by atomic mass is 9.84. The smallest absolute Gasteiger partial charge is 0.236 e. The molecule has 2 rings (SSSR count). The first-order valence-corrected chi connectivity index (χ1v) is 6.55. The van der Waals surface area contributed by atoms with Gasteiger partial charge in [0, 0.05) is 18.8 Å². The molecule has 104 valence electrons. The average Bonchev–Trinajstić information content (AvgIpc) is 2.69. The van der Waals surface area contributed by atoms with Crippen LogP contribution in [-0.2, 0) is 9.53 Å². The zero-order valence-electron chi connectivity index (χ0n) is 12.1. The Morgan fingerprint density at radius 2 is 2.16 bits per heavy atom. The normalized spacial score (nSPS) is 26.5. The van der Waals surface area contributed by atoms with Crippen molar-refractivity contribution in [3.63, 3.8) is 0 Å². The number of amides is 1. The van der Waals surface area contributed by atoms with Crippen molar-refractivity contribution in [2.45, 2.75) is 26.8 Å². The van der Waals surface area contributed by atoms with Crippen molar-refractivity contribution in [2.75, 3.05) is 25.2 Å². The van der Waals surface area contributed by atoms with Gasteiger partial charge in [-0.1, -0.05) is 17.7 Å². The standard InChI is InChI=1S/C15H22N2O2/c1-10-5-6-12(11(2)7-10)17(4)14(18)15(3)9-19-8-13(15)16/h5-7,13H,8-9,16H2,1-4H3. The van der Waals surface area contributed by atoms with Crippen LogP contribution < -0.4 is 10.6 Å². The van der Waals surface area contributed by atoms with Gasteiger partial charge in [-0.05, 0) is 32.4 Å².